The summed E-state index contributed by atoms with van der Waals surface area (Å²) >= 11 is 0. The first-order valence-corrected chi connectivity index (χ1v) is 10.6. The Morgan fingerprint density at radius 1 is 0.900 bits per heavy atom. The number of pyridine rings is 2. The van der Waals surface area contributed by atoms with Crippen molar-refractivity contribution in [3.63, 3.8) is 0 Å². The molecule has 0 bridgehead atoms. The standard InChI is InChI=1S/C22H16N2O5S/c1-11-18-16(24(2)15-8-4-3-6-12(15)21(18)25)10-13-20(11)23-14-7-5-9-17(30(27,28)29)19(14)22(13)26/h3-10H,1-2H3,(H,23,26)(H,27,28,29). The maximum atomic E-state index is 13.3. The molecule has 0 aliphatic rings. The summed E-state index contributed by atoms with van der Waals surface area (Å²) in [4.78, 5) is 29.2. The summed E-state index contributed by atoms with van der Waals surface area (Å²) in [5.41, 5.74) is 1.96. The SMILES string of the molecule is Cc1c2[nH]c3cccc(S(=O)(=O)O)c3c(=O)c2cc2c1c(=O)c1ccccc1n2C. The van der Waals surface area contributed by atoms with E-state index in [1.807, 2.05) is 23.7 Å². The van der Waals surface area contributed by atoms with Gasteiger partial charge in [-0.3, -0.25) is 14.1 Å². The lowest BCUT2D eigenvalue weighted by Gasteiger charge is -2.15. The molecule has 5 rings (SSSR count). The average Bonchev–Trinajstić information content (AvgIpc) is 2.71. The van der Waals surface area contributed by atoms with Crippen molar-refractivity contribution in [1.82, 2.24) is 9.55 Å². The van der Waals surface area contributed by atoms with Gasteiger partial charge in [-0.1, -0.05) is 18.2 Å². The maximum Gasteiger partial charge on any atom is 0.295 e. The van der Waals surface area contributed by atoms with Crippen LogP contribution >= 0.6 is 0 Å². The molecule has 2 aromatic heterocycles. The van der Waals surface area contributed by atoms with Crippen LogP contribution in [0, 0.1) is 6.92 Å². The fourth-order valence-electron chi connectivity index (χ4n) is 4.27. The van der Waals surface area contributed by atoms with Gasteiger partial charge >= 0.3 is 0 Å². The summed E-state index contributed by atoms with van der Waals surface area (Å²) < 4.78 is 35.1. The minimum atomic E-state index is -4.59. The van der Waals surface area contributed by atoms with E-state index in [9.17, 15) is 22.6 Å². The monoisotopic (exact) mass is 420 g/mol. The number of aryl methyl sites for hydroxylation is 2. The predicted molar refractivity (Wildman–Crippen MR) is 117 cm³/mol. The lowest BCUT2D eigenvalue weighted by atomic mass is 10.00. The minimum absolute atomic E-state index is 0.114. The van der Waals surface area contributed by atoms with Crippen LogP contribution < -0.4 is 10.9 Å². The van der Waals surface area contributed by atoms with Crippen molar-refractivity contribution >= 4 is 53.7 Å². The highest BCUT2D eigenvalue weighted by atomic mass is 32.2. The van der Waals surface area contributed by atoms with Gasteiger partial charge in [-0.2, -0.15) is 8.42 Å². The number of benzene rings is 3. The highest BCUT2D eigenvalue weighted by Gasteiger charge is 2.20. The fraction of sp³-hybridized carbons (Fsp3) is 0.0909. The van der Waals surface area contributed by atoms with Crippen LogP contribution in [0.5, 0.6) is 0 Å². The largest absolute Gasteiger partial charge is 0.354 e. The molecular formula is C22H16N2O5S. The quantitative estimate of drug-likeness (QED) is 0.320. The van der Waals surface area contributed by atoms with E-state index in [4.69, 9.17) is 0 Å². The highest BCUT2D eigenvalue weighted by Crippen LogP contribution is 2.28. The molecular weight excluding hydrogens is 404 g/mol. The summed E-state index contributed by atoms with van der Waals surface area (Å²) in [5, 5.41) is 1.20. The first-order chi connectivity index (χ1) is 14.2. The van der Waals surface area contributed by atoms with E-state index in [1.165, 1.54) is 12.1 Å². The third kappa shape index (κ3) is 2.38. The Balaban J connectivity index is 2.11. The Labute approximate surface area is 169 Å². The van der Waals surface area contributed by atoms with Crippen LogP contribution in [0.25, 0.3) is 43.6 Å². The van der Waals surface area contributed by atoms with Gasteiger partial charge in [-0.05, 0) is 42.8 Å². The molecule has 0 fully saturated rings. The van der Waals surface area contributed by atoms with Crippen LogP contribution in [0.15, 0.2) is 63.0 Å². The molecule has 0 saturated heterocycles. The summed E-state index contributed by atoms with van der Waals surface area (Å²) in [6, 6.07) is 13.0. The maximum absolute atomic E-state index is 13.3. The molecule has 2 heterocycles. The number of H-pyrrole nitrogens is 1. The first kappa shape index (κ1) is 18.5. The number of para-hydroxylation sites is 1. The Bertz CT molecular complexity index is 1780. The molecule has 30 heavy (non-hydrogen) atoms. The van der Waals surface area contributed by atoms with Crippen LogP contribution in [0.2, 0.25) is 0 Å². The van der Waals surface area contributed by atoms with Crippen LogP contribution in [0.1, 0.15) is 5.56 Å². The van der Waals surface area contributed by atoms with Gasteiger partial charge in [-0.25, -0.2) is 0 Å². The smallest absolute Gasteiger partial charge is 0.295 e. The van der Waals surface area contributed by atoms with Crippen molar-refractivity contribution in [2.24, 2.45) is 7.05 Å². The summed E-state index contributed by atoms with van der Waals surface area (Å²) in [6.45, 7) is 1.76. The van der Waals surface area contributed by atoms with Crippen molar-refractivity contribution < 1.29 is 13.0 Å². The van der Waals surface area contributed by atoms with E-state index >= 15 is 0 Å². The number of fused-ring (bicyclic) bond motifs is 4. The highest BCUT2D eigenvalue weighted by molar-refractivity contribution is 7.86. The molecule has 150 valence electrons. The molecule has 5 aromatic rings. The predicted octanol–water partition coefficient (Wildman–Crippen LogP) is 3.24. The van der Waals surface area contributed by atoms with Gasteiger partial charge in [0.1, 0.15) is 4.90 Å². The Morgan fingerprint density at radius 3 is 2.33 bits per heavy atom. The van der Waals surface area contributed by atoms with Crippen molar-refractivity contribution in [2.75, 3.05) is 0 Å². The van der Waals surface area contributed by atoms with Crippen molar-refractivity contribution in [1.29, 1.82) is 0 Å². The van der Waals surface area contributed by atoms with E-state index in [1.54, 1.807) is 31.2 Å². The number of rotatable bonds is 1. The molecule has 8 heteroatoms. The number of nitrogens with one attached hydrogen (secondary N) is 1. The molecule has 0 radical (unpaired) electrons. The molecule has 0 spiro atoms. The van der Waals surface area contributed by atoms with Crippen molar-refractivity contribution in [3.05, 3.63) is 74.5 Å². The second-order valence-corrected chi connectivity index (χ2v) is 8.72. The fourth-order valence-corrected chi connectivity index (χ4v) is 4.98. The van der Waals surface area contributed by atoms with Crippen LogP contribution in [0.4, 0.5) is 0 Å². The molecule has 0 unspecified atom stereocenters. The normalized spacial score (nSPS) is 12.4. The van der Waals surface area contributed by atoms with Crippen LogP contribution in [-0.4, -0.2) is 22.5 Å². The lowest BCUT2D eigenvalue weighted by Crippen LogP contribution is -2.14. The Morgan fingerprint density at radius 2 is 1.60 bits per heavy atom. The number of hydrogen-bond donors (Lipinski definition) is 2. The summed E-state index contributed by atoms with van der Waals surface area (Å²) in [7, 11) is -2.78. The van der Waals surface area contributed by atoms with Crippen molar-refractivity contribution in [3.8, 4) is 0 Å². The number of hydrogen-bond acceptors (Lipinski definition) is 4. The van der Waals surface area contributed by atoms with Gasteiger partial charge in [0.05, 0.1) is 32.8 Å². The van der Waals surface area contributed by atoms with Gasteiger partial charge in [-0.15, -0.1) is 0 Å². The zero-order valence-corrected chi connectivity index (χ0v) is 16.9. The molecule has 3 aromatic carbocycles. The zero-order valence-electron chi connectivity index (χ0n) is 16.1. The van der Waals surface area contributed by atoms with E-state index in [0.29, 0.717) is 27.4 Å². The van der Waals surface area contributed by atoms with E-state index in [0.717, 1.165) is 5.52 Å². The second-order valence-electron chi connectivity index (χ2n) is 7.33. The van der Waals surface area contributed by atoms with Crippen LogP contribution in [-0.2, 0) is 17.2 Å². The van der Waals surface area contributed by atoms with Gasteiger partial charge in [0, 0.05) is 17.8 Å². The number of aromatic nitrogens is 2. The third-order valence-electron chi connectivity index (χ3n) is 5.69. The van der Waals surface area contributed by atoms with Gasteiger partial charge in [0.15, 0.2) is 10.9 Å². The van der Waals surface area contributed by atoms with Crippen LogP contribution in [0.3, 0.4) is 0 Å². The molecule has 0 amide bonds. The van der Waals surface area contributed by atoms with Crippen molar-refractivity contribution in [2.45, 2.75) is 11.8 Å². The molecule has 0 saturated carbocycles. The van der Waals surface area contributed by atoms with Gasteiger partial charge in [0.2, 0.25) is 0 Å². The molecule has 0 atom stereocenters. The Hall–Kier alpha value is -3.49. The minimum Gasteiger partial charge on any atom is -0.354 e. The first-order valence-electron chi connectivity index (χ1n) is 9.17. The van der Waals surface area contributed by atoms with Gasteiger partial charge < -0.3 is 9.55 Å². The van der Waals surface area contributed by atoms with E-state index in [-0.39, 0.29) is 21.7 Å². The topological polar surface area (TPSA) is 109 Å². The summed E-state index contributed by atoms with van der Waals surface area (Å²) in [6.07, 6.45) is 0. The second kappa shape index (κ2) is 6.01. The average molecular weight is 420 g/mol. The lowest BCUT2D eigenvalue weighted by molar-refractivity contribution is 0.484. The van der Waals surface area contributed by atoms with E-state index < -0.39 is 20.4 Å². The number of nitrogens with zero attached hydrogens (tertiary/aromatic N) is 1. The number of aromatic amines is 1. The summed E-state index contributed by atoms with van der Waals surface area (Å²) in [5.74, 6) is 0. The molecule has 0 aliphatic heterocycles. The van der Waals surface area contributed by atoms with Gasteiger partial charge in [0.25, 0.3) is 10.1 Å². The molecule has 2 N–H and O–H groups in total. The molecule has 0 aliphatic carbocycles. The Kier molecular flexibility index (Phi) is 3.71. The zero-order chi connectivity index (χ0) is 21.4. The third-order valence-corrected chi connectivity index (χ3v) is 6.59. The molecule has 7 nitrogen and oxygen atoms in total. The van der Waals surface area contributed by atoms with E-state index in [2.05, 4.69) is 4.98 Å².